The number of carbonyl (C=O) groups is 1. The van der Waals surface area contributed by atoms with Gasteiger partial charge in [0.05, 0.1) is 0 Å². The molecule has 1 atom stereocenters. The van der Waals surface area contributed by atoms with Crippen molar-refractivity contribution in [3.63, 3.8) is 0 Å². The van der Waals surface area contributed by atoms with E-state index in [1.807, 2.05) is 24.3 Å². The summed E-state index contributed by atoms with van der Waals surface area (Å²) >= 11 is 0. The summed E-state index contributed by atoms with van der Waals surface area (Å²) in [5.74, 6) is 0.421. The maximum absolute atomic E-state index is 11.6. The monoisotopic (exact) mass is 259 g/mol. The van der Waals surface area contributed by atoms with Crippen LogP contribution < -0.4 is 10.6 Å². The Bertz CT molecular complexity index is 453. The van der Waals surface area contributed by atoms with Crippen LogP contribution in [-0.4, -0.2) is 37.0 Å². The molecule has 0 spiro atoms. The van der Waals surface area contributed by atoms with Crippen LogP contribution in [-0.2, 0) is 4.79 Å². The van der Waals surface area contributed by atoms with Gasteiger partial charge in [-0.1, -0.05) is 0 Å². The Morgan fingerprint density at radius 1 is 1.16 bits per heavy atom. The van der Waals surface area contributed by atoms with E-state index in [9.17, 15) is 4.79 Å². The van der Waals surface area contributed by atoms with Gasteiger partial charge in [-0.25, -0.2) is 0 Å². The van der Waals surface area contributed by atoms with Gasteiger partial charge in [0.2, 0.25) is 5.91 Å². The maximum atomic E-state index is 11.6. The second kappa shape index (κ2) is 5.21. The minimum Gasteiger partial charge on any atom is -0.381 e. The van der Waals surface area contributed by atoms with E-state index in [1.54, 1.807) is 0 Å². The molecule has 1 aromatic carbocycles. The standard InChI is InChI=1S/C15H21N3O/c1-18-9-8-14(10-18)16-12-4-6-13(7-5-12)17-15(19)11-2-3-11/h4-7,11,14,16H,2-3,8-10H2,1H3,(H,17,19). The van der Waals surface area contributed by atoms with Gasteiger partial charge in [0.1, 0.15) is 0 Å². The highest BCUT2D eigenvalue weighted by atomic mass is 16.2. The summed E-state index contributed by atoms with van der Waals surface area (Å²) in [7, 11) is 2.15. The van der Waals surface area contributed by atoms with E-state index >= 15 is 0 Å². The number of benzene rings is 1. The first-order valence-corrected chi connectivity index (χ1v) is 7.07. The molecule has 1 amide bonds. The number of likely N-dealkylation sites (N-methyl/N-ethyl adjacent to an activating group) is 1. The molecule has 3 rings (SSSR count). The molecule has 1 saturated carbocycles. The molecule has 102 valence electrons. The Kier molecular flexibility index (Phi) is 3.42. The molecular formula is C15H21N3O. The average molecular weight is 259 g/mol. The van der Waals surface area contributed by atoms with Gasteiger partial charge in [-0.05, 0) is 57.1 Å². The fraction of sp³-hybridized carbons (Fsp3) is 0.533. The van der Waals surface area contributed by atoms with E-state index in [0.29, 0.717) is 6.04 Å². The second-order valence-electron chi connectivity index (χ2n) is 5.73. The van der Waals surface area contributed by atoms with Crippen LogP contribution in [0.15, 0.2) is 24.3 Å². The Morgan fingerprint density at radius 2 is 1.84 bits per heavy atom. The molecule has 2 N–H and O–H groups in total. The third kappa shape index (κ3) is 3.26. The fourth-order valence-electron chi connectivity index (χ4n) is 2.53. The van der Waals surface area contributed by atoms with Crippen molar-refractivity contribution in [1.82, 2.24) is 4.90 Å². The zero-order valence-corrected chi connectivity index (χ0v) is 11.4. The van der Waals surface area contributed by atoms with Crippen molar-refractivity contribution in [2.24, 2.45) is 5.92 Å². The third-order valence-electron chi connectivity index (χ3n) is 3.86. The Hall–Kier alpha value is -1.55. The first-order chi connectivity index (χ1) is 9.20. The van der Waals surface area contributed by atoms with Gasteiger partial charge in [0, 0.05) is 29.9 Å². The molecule has 19 heavy (non-hydrogen) atoms. The summed E-state index contributed by atoms with van der Waals surface area (Å²) in [4.78, 5) is 14.0. The largest absolute Gasteiger partial charge is 0.381 e. The molecule has 2 fully saturated rings. The molecular weight excluding hydrogens is 238 g/mol. The summed E-state index contributed by atoms with van der Waals surface area (Å²) in [6.45, 7) is 2.26. The van der Waals surface area contributed by atoms with Gasteiger partial charge in [-0.15, -0.1) is 0 Å². The molecule has 4 nitrogen and oxygen atoms in total. The lowest BCUT2D eigenvalue weighted by atomic mass is 10.2. The van der Waals surface area contributed by atoms with Crippen LogP contribution in [0.5, 0.6) is 0 Å². The number of rotatable bonds is 4. The first kappa shape index (κ1) is 12.5. The molecule has 2 aliphatic rings. The second-order valence-corrected chi connectivity index (χ2v) is 5.73. The Labute approximate surface area is 114 Å². The third-order valence-corrected chi connectivity index (χ3v) is 3.86. The van der Waals surface area contributed by atoms with Crippen LogP contribution in [0.25, 0.3) is 0 Å². The Morgan fingerprint density at radius 3 is 2.42 bits per heavy atom. The summed E-state index contributed by atoms with van der Waals surface area (Å²) in [6.07, 6.45) is 3.28. The molecule has 1 saturated heterocycles. The van der Waals surface area contributed by atoms with Crippen molar-refractivity contribution in [1.29, 1.82) is 0 Å². The minimum absolute atomic E-state index is 0.165. The number of anilines is 2. The number of nitrogens with zero attached hydrogens (tertiary/aromatic N) is 1. The number of likely N-dealkylation sites (tertiary alicyclic amines) is 1. The van der Waals surface area contributed by atoms with Gasteiger partial charge in [-0.2, -0.15) is 0 Å². The summed E-state index contributed by atoms with van der Waals surface area (Å²) < 4.78 is 0. The predicted molar refractivity (Wildman–Crippen MR) is 77.3 cm³/mol. The predicted octanol–water partition coefficient (Wildman–Crippen LogP) is 2.15. The normalized spacial score (nSPS) is 23.3. The number of amides is 1. The quantitative estimate of drug-likeness (QED) is 0.871. The van der Waals surface area contributed by atoms with Gasteiger partial charge < -0.3 is 15.5 Å². The minimum atomic E-state index is 0.165. The average Bonchev–Trinajstić information content (AvgIpc) is 3.17. The lowest BCUT2D eigenvalue weighted by molar-refractivity contribution is -0.117. The van der Waals surface area contributed by atoms with Gasteiger partial charge >= 0.3 is 0 Å². The molecule has 1 unspecified atom stereocenters. The van der Waals surface area contributed by atoms with E-state index in [0.717, 1.165) is 37.3 Å². The van der Waals surface area contributed by atoms with Crippen LogP contribution in [0, 0.1) is 5.92 Å². The lowest BCUT2D eigenvalue weighted by Crippen LogP contribution is -2.23. The smallest absolute Gasteiger partial charge is 0.227 e. The molecule has 1 aromatic rings. The van der Waals surface area contributed by atoms with Crippen LogP contribution in [0.2, 0.25) is 0 Å². The SMILES string of the molecule is CN1CCC(Nc2ccc(NC(=O)C3CC3)cc2)C1. The number of hydrogen-bond acceptors (Lipinski definition) is 3. The maximum Gasteiger partial charge on any atom is 0.227 e. The molecule has 0 radical (unpaired) electrons. The van der Waals surface area contributed by atoms with E-state index < -0.39 is 0 Å². The van der Waals surface area contributed by atoms with E-state index in [2.05, 4.69) is 22.6 Å². The van der Waals surface area contributed by atoms with Crippen molar-refractivity contribution in [3.05, 3.63) is 24.3 Å². The highest BCUT2D eigenvalue weighted by molar-refractivity contribution is 5.94. The molecule has 1 heterocycles. The summed E-state index contributed by atoms with van der Waals surface area (Å²) in [5.41, 5.74) is 2.02. The molecule has 1 aliphatic carbocycles. The zero-order chi connectivity index (χ0) is 13.2. The van der Waals surface area contributed by atoms with E-state index in [1.165, 1.54) is 6.42 Å². The van der Waals surface area contributed by atoms with Crippen LogP contribution >= 0.6 is 0 Å². The summed E-state index contributed by atoms with van der Waals surface area (Å²) in [6, 6.07) is 8.57. The fourth-order valence-corrected chi connectivity index (χ4v) is 2.53. The summed E-state index contributed by atoms with van der Waals surface area (Å²) in [5, 5.41) is 6.49. The van der Waals surface area contributed by atoms with Gasteiger partial charge in [-0.3, -0.25) is 4.79 Å². The number of carbonyl (C=O) groups excluding carboxylic acids is 1. The molecule has 0 aromatic heterocycles. The van der Waals surface area contributed by atoms with Gasteiger partial charge in [0.25, 0.3) is 0 Å². The van der Waals surface area contributed by atoms with E-state index in [-0.39, 0.29) is 11.8 Å². The van der Waals surface area contributed by atoms with Crippen molar-refractivity contribution >= 4 is 17.3 Å². The molecule has 0 bridgehead atoms. The first-order valence-electron chi connectivity index (χ1n) is 7.07. The van der Waals surface area contributed by atoms with Crippen LogP contribution in [0.4, 0.5) is 11.4 Å². The van der Waals surface area contributed by atoms with Gasteiger partial charge in [0.15, 0.2) is 0 Å². The van der Waals surface area contributed by atoms with Crippen molar-refractivity contribution < 1.29 is 4.79 Å². The topological polar surface area (TPSA) is 44.4 Å². The lowest BCUT2D eigenvalue weighted by Gasteiger charge is -2.14. The van der Waals surface area contributed by atoms with Crippen molar-refractivity contribution in [2.75, 3.05) is 30.8 Å². The zero-order valence-electron chi connectivity index (χ0n) is 11.4. The highest BCUT2D eigenvalue weighted by Gasteiger charge is 2.29. The molecule has 4 heteroatoms. The number of nitrogens with one attached hydrogen (secondary N) is 2. The van der Waals surface area contributed by atoms with E-state index in [4.69, 9.17) is 0 Å². The van der Waals surface area contributed by atoms with Crippen LogP contribution in [0.1, 0.15) is 19.3 Å². The van der Waals surface area contributed by atoms with Crippen LogP contribution in [0.3, 0.4) is 0 Å². The Balaban J connectivity index is 1.54. The highest BCUT2D eigenvalue weighted by Crippen LogP contribution is 2.30. The number of hydrogen-bond donors (Lipinski definition) is 2. The molecule has 1 aliphatic heterocycles. The van der Waals surface area contributed by atoms with Crippen molar-refractivity contribution in [3.8, 4) is 0 Å². The van der Waals surface area contributed by atoms with Crippen molar-refractivity contribution in [2.45, 2.75) is 25.3 Å².